The number of ether oxygens (including phenoxy) is 1. The lowest BCUT2D eigenvalue weighted by atomic mass is 9.91. The molecule has 0 fully saturated rings. The highest BCUT2D eigenvalue weighted by atomic mass is 19.4. The van der Waals surface area contributed by atoms with E-state index in [9.17, 15) is 40.6 Å². The van der Waals surface area contributed by atoms with Crippen LogP contribution in [0.25, 0.3) is 5.57 Å². The van der Waals surface area contributed by atoms with Gasteiger partial charge in [-0.05, 0) is 42.3 Å². The van der Waals surface area contributed by atoms with Crippen LogP contribution in [0.3, 0.4) is 0 Å². The van der Waals surface area contributed by atoms with Gasteiger partial charge in [0.05, 0.1) is 11.1 Å². The predicted octanol–water partition coefficient (Wildman–Crippen LogP) is 5.63. The van der Waals surface area contributed by atoms with E-state index in [1.165, 1.54) is 19.1 Å². The second-order valence-electron chi connectivity index (χ2n) is 7.11. The lowest BCUT2D eigenvalue weighted by Gasteiger charge is -2.40. The van der Waals surface area contributed by atoms with Gasteiger partial charge in [-0.2, -0.15) is 26.3 Å². The zero-order chi connectivity index (χ0) is 23.8. The standard InChI is InChI=1S/C21H16F7NO3/c1-11-15-6-5-13(21(26,27)28)8-16(15)29(9-12-3-2-4-14(22)7-12)18(17(11)19(30)31)32-10-20(23,24)25/h2-8,18H,9-10H2,1H3,(H,30,31). The van der Waals surface area contributed by atoms with Crippen LogP contribution in [0.2, 0.25) is 0 Å². The fraction of sp³-hybridized carbons (Fsp3) is 0.286. The Hall–Kier alpha value is -3.08. The van der Waals surface area contributed by atoms with Gasteiger partial charge in [0.25, 0.3) is 0 Å². The number of carboxylic acid groups (broad SMARTS) is 1. The number of halogens is 7. The minimum Gasteiger partial charge on any atom is -0.478 e. The van der Waals surface area contributed by atoms with Gasteiger partial charge in [-0.15, -0.1) is 0 Å². The van der Waals surface area contributed by atoms with Crippen LogP contribution in [0.4, 0.5) is 36.4 Å². The zero-order valence-electron chi connectivity index (χ0n) is 16.4. The third-order valence-electron chi connectivity index (χ3n) is 4.85. The van der Waals surface area contributed by atoms with Crippen molar-refractivity contribution in [1.82, 2.24) is 0 Å². The van der Waals surface area contributed by atoms with Gasteiger partial charge in [0.15, 0.2) is 6.23 Å². The number of carbonyl (C=O) groups is 1. The topological polar surface area (TPSA) is 49.8 Å². The van der Waals surface area contributed by atoms with E-state index < -0.39 is 54.7 Å². The first kappa shape index (κ1) is 23.6. The molecule has 172 valence electrons. The Bertz CT molecular complexity index is 1060. The molecule has 1 aliphatic rings. The fourth-order valence-corrected chi connectivity index (χ4v) is 3.49. The summed E-state index contributed by atoms with van der Waals surface area (Å²) in [5.41, 5.74) is -1.58. The molecule has 4 nitrogen and oxygen atoms in total. The lowest BCUT2D eigenvalue weighted by Crippen LogP contribution is -2.45. The molecule has 1 aliphatic heterocycles. The molecular formula is C21H16F7NO3. The van der Waals surface area contributed by atoms with Crippen molar-refractivity contribution >= 4 is 17.2 Å². The Morgan fingerprint density at radius 1 is 1.09 bits per heavy atom. The van der Waals surface area contributed by atoms with Gasteiger partial charge in [-0.3, -0.25) is 0 Å². The number of hydrogen-bond acceptors (Lipinski definition) is 3. The summed E-state index contributed by atoms with van der Waals surface area (Å²) < 4.78 is 97.0. The Labute approximate surface area is 177 Å². The normalized spacial score (nSPS) is 16.9. The summed E-state index contributed by atoms with van der Waals surface area (Å²) in [4.78, 5) is 12.9. The Balaban J connectivity index is 2.20. The lowest BCUT2D eigenvalue weighted by molar-refractivity contribution is -0.183. The number of rotatable bonds is 5. The monoisotopic (exact) mass is 463 g/mol. The van der Waals surface area contributed by atoms with Crippen molar-refractivity contribution in [2.24, 2.45) is 0 Å². The molecule has 1 N–H and O–H groups in total. The van der Waals surface area contributed by atoms with Gasteiger partial charge < -0.3 is 14.7 Å². The van der Waals surface area contributed by atoms with Crippen LogP contribution < -0.4 is 4.90 Å². The second-order valence-corrected chi connectivity index (χ2v) is 7.11. The highest BCUT2D eigenvalue weighted by molar-refractivity contribution is 6.01. The number of carboxylic acids is 1. The SMILES string of the molecule is CC1=C(C(=O)O)C(OCC(F)(F)F)N(Cc2cccc(F)c2)c2cc(C(F)(F)F)ccc21. The molecule has 0 saturated heterocycles. The molecule has 1 atom stereocenters. The summed E-state index contributed by atoms with van der Waals surface area (Å²) in [7, 11) is 0. The predicted molar refractivity (Wildman–Crippen MR) is 100 cm³/mol. The first-order valence-corrected chi connectivity index (χ1v) is 9.13. The summed E-state index contributed by atoms with van der Waals surface area (Å²) in [5, 5.41) is 9.66. The molecule has 0 spiro atoms. The fourth-order valence-electron chi connectivity index (χ4n) is 3.49. The first-order chi connectivity index (χ1) is 14.8. The second kappa shape index (κ2) is 8.45. The highest BCUT2D eigenvalue weighted by Crippen LogP contribution is 2.43. The molecule has 11 heteroatoms. The van der Waals surface area contributed by atoms with Crippen molar-refractivity contribution in [2.45, 2.75) is 32.0 Å². The first-order valence-electron chi connectivity index (χ1n) is 9.13. The van der Waals surface area contributed by atoms with Crippen molar-refractivity contribution in [3.63, 3.8) is 0 Å². The smallest absolute Gasteiger partial charge is 0.416 e. The van der Waals surface area contributed by atoms with Crippen LogP contribution >= 0.6 is 0 Å². The third-order valence-corrected chi connectivity index (χ3v) is 4.85. The van der Waals surface area contributed by atoms with Crippen LogP contribution in [-0.4, -0.2) is 30.1 Å². The maximum absolute atomic E-state index is 13.7. The van der Waals surface area contributed by atoms with E-state index in [1.807, 2.05) is 0 Å². The van der Waals surface area contributed by atoms with Gasteiger partial charge >= 0.3 is 18.3 Å². The summed E-state index contributed by atoms with van der Waals surface area (Å²) >= 11 is 0. The molecule has 1 heterocycles. The molecule has 0 amide bonds. The minimum atomic E-state index is -4.82. The Kier molecular flexibility index (Phi) is 6.23. The van der Waals surface area contributed by atoms with Crippen LogP contribution in [-0.2, 0) is 22.3 Å². The van der Waals surface area contributed by atoms with Gasteiger partial charge in [-0.25, -0.2) is 9.18 Å². The number of benzene rings is 2. The van der Waals surface area contributed by atoms with Gasteiger partial charge in [0.1, 0.15) is 12.4 Å². The number of fused-ring (bicyclic) bond motifs is 1. The van der Waals surface area contributed by atoms with Crippen molar-refractivity contribution in [3.8, 4) is 0 Å². The number of alkyl halides is 6. The Morgan fingerprint density at radius 3 is 2.34 bits per heavy atom. The van der Waals surface area contributed by atoms with Crippen molar-refractivity contribution in [3.05, 3.63) is 70.5 Å². The zero-order valence-corrected chi connectivity index (χ0v) is 16.4. The summed E-state index contributed by atoms with van der Waals surface area (Å²) in [5.74, 6) is -2.27. The van der Waals surface area contributed by atoms with E-state index in [2.05, 4.69) is 0 Å². The number of allylic oxidation sites excluding steroid dienone is 1. The van der Waals surface area contributed by atoms with Gasteiger partial charge in [-0.1, -0.05) is 18.2 Å². The van der Waals surface area contributed by atoms with Crippen LogP contribution in [0.1, 0.15) is 23.6 Å². The average molecular weight is 463 g/mol. The molecule has 3 rings (SSSR count). The molecule has 0 bridgehead atoms. The quantitative estimate of drug-likeness (QED) is 0.585. The van der Waals surface area contributed by atoms with Crippen LogP contribution in [0.15, 0.2) is 48.0 Å². The average Bonchev–Trinajstić information content (AvgIpc) is 2.66. The van der Waals surface area contributed by atoms with E-state index in [0.717, 1.165) is 29.2 Å². The van der Waals surface area contributed by atoms with Crippen molar-refractivity contribution in [2.75, 3.05) is 11.5 Å². The van der Waals surface area contributed by atoms with E-state index >= 15 is 0 Å². The van der Waals surface area contributed by atoms with Crippen molar-refractivity contribution < 1.29 is 45.4 Å². The number of nitrogens with zero attached hydrogens (tertiary/aromatic N) is 1. The summed E-state index contributed by atoms with van der Waals surface area (Å²) in [6.45, 7) is -0.965. The largest absolute Gasteiger partial charge is 0.478 e. The molecule has 2 aromatic rings. The number of anilines is 1. The van der Waals surface area contributed by atoms with Crippen LogP contribution in [0, 0.1) is 5.82 Å². The molecule has 1 unspecified atom stereocenters. The molecular weight excluding hydrogens is 447 g/mol. The van der Waals surface area contributed by atoms with Gasteiger partial charge in [0, 0.05) is 17.8 Å². The molecule has 32 heavy (non-hydrogen) atoms. The van der Waals surface area contributed by atoms with Crippen molar-refractivity contribution in [1.29, 1.82) is 0 Å². The van der Waals surface area contributed by atoms with E-state index in [4.69, 9.17) is 4.74 Å². The minimum absolute atomic E-state index is 0.0381. The maximum atomic E-state index is 13.7. The van der Waals surface area contributed by atoms with Gasteiger partial charge in [0.2, 0.25) is 0 Å². The van der Waals surface area contributed by atoms with Crippen LogP contribution in [0.5, 0.6) is 0 Å². The van der Waals surface area contributed by atoms with E-state index in [0.29, 0.717) is 6.07 Å². The maximum Gasteiger partial charge on any atom is 0.416 e. The van der Waals surface area contributed by atoms with E-state index in [-0.39, 0.29) is 22.4 Å². The highest BCUT2D eigenvalue weighted by Gasteiger charge is 2.41. The molecule has 0 saturated carbocycles. The number of hydrogen-bond donors (Lipinski definition) is 1. The summed E-state index contributed by atoms with van der Waals surface area (Å²) in [6, 6.07) is 7.38. The third kappa shape index (κ3) is 5.04. The molecule has 2 aromatic carbocycles. The van der Waals surface area contributed by atoms with E-state index in [1.54, 1.807) is 0 Å². The number of aliphatic carboxylic acids is 1. The molecule has 0 aliphatic carbocycles. The molecule has 0 aromatic heterocycles. The summed E-state index contributed by atoms with van der Waals surface area (Å²) in [6.07, 6.45) is -11.4. The Morgan fingerprint density at radius 2 is 1.78 bits per heavy atom. The molecule has 0 radical (unpaired) electrons.